The van der Waals surface area contributed by atoms with Crippen molar-refractivity contribution in [3.63, 3.8) is 0 Å². The molecular formula is C10H23O7P. The highest BCUT2D eigenvalue weighted by atomic mass is 31.2. The fourth-order valence-corrected chi connectivity index (χ4v) is 2.80. The number of aliphatic hydroxyl groups is 2. The summed E-state index contributed by atoms with van der Waals surface area (Å²) in [6, 6.07) is 0. The van der Waals surface area contributed by atoms with Gasteiger partial charge in [-0.05, 0) is 27.7 Å². The molecule has 0 aromatic carbocycles. The lowest BCUT2D eigenvalue weighted by atomic mass is 9.92. The van der Waals surface area contributed by atoms with E-state index in [1.807, 2.05) is 13.8 Å². The standard InChI is InChI=1S/C10H23O7P/c1-9(2,14-5)6-10(3,4)17-18(13,15-7-11)16-8-12/h11-12H,6-8H2,1-5H3. The number of hydrogen-bond donors (Lipinski definition) is 2. The van der Waals surface area contributed by atoms with Crippen LogP contribution < -0.4 is 0 Å². The third kappa shape index (κ3) is 6.80. The minimum Gasteiger partial charge on any atom is -0.379 e. The second kappa shape index (κ2) is 6.96. The molecule has 0 heterocycles. The molecule has 0 aromatic heterocycles. The smallest absolute Gasteiger partial charge is 0.379 e. The predicted molar refractivity (Wildman–Crippen MR) is 64.8 cm³/mol. The van der Waals surface area contributed by atoms with Crippen LogP contribution in [0.4, 0.5) is 0 Å². The maximum Gasteiger partial charge on any atom is 0.479 e. The van der Waals surface area contributed by atoms with Crippen LogP contribution in [0.1, 0.15) is 34.1 Å². The number of phosphoric ester groups is 1. The van der Waals surface area contributed by atoms with Gasteiger partial charge >= 0.3 is 7.82 Å². The van der Waals surface area contributed by atoms with Crippen LogP contribution in [-0.4, -0.2) is 42.1 Å². The highest BCUT2D eigenvalue weighted by Crippen LogP contribution is 2.53. The Morgan fingerprint density at radius 3 is 1.78 bits per heavy atom. The van der Waals surface area contributed by atoms with Crippen LogP contribution in [0.25, 0.3) is 0 Å². The normalized spacial score (nSPS) is 13.9. The van der Waals surface area contributed by atoms with E-state index in [1.54, 1.807) is 21.0 Å². The summed E-state index contributed by atoms with van der Waals surface area (Å²) >= 11 is 0. The first-order valence-electron chi connectivity index (χ1n) is 5.46. The van der Waals surface area contributed by atoms with Crippen LogP contribution in [0.15, 0.2) is 0 Å². The fraction of sp³-hybridized carbons (Fsp3) is 1.00. The molecule has 0 aliphatic carbocycles. The Hall–Kier alpha value is -0.0100. The molecule has 0 radical (unpaired) electrons. The van der Waals surface area contributed by atoms with E-state index in [-0.39, 0.29) is 0 Å². The molecule has 0 spiro atoms. The van der Waals surface area contributed by atoms with E-state index in [0.29, 0.717) is 6.42 Å². The molecule has 0 unspecified atom stereocenters. The Balaban J connectivity index is 4.75. The van der Waals surface area contributed by atoms with Crippen molar-refractivity contribution in [1.82, 2.24) is 0 Å². The molecule has 7 nitrogen and oxygen atoms in total. The van der Waals surface area contributed by atoms with Crippen LogP contribution in [0.3, 0.4) is 0 Å². The summed E-state index contributed by atoms with van der Waals surface area (Å²) in [5.41, 5.74) is -1.38. The van der Waals surface area contributed by atoms with Gasteiger partial charge in [0, 0.05) is 13.5 Å². The molecule has 110 valence electrons. The highest BCUT2D eigenvalue weighted by Gasteiger charge is 2.38. The molecule has 0 bridgehead atoms. The van der Waals surface area contributed by atoms with E-state index in [4.69, 9.17) is 19.5 Å². The van der Waals surface area contributed by atoms with Crippen molar-refractivity contribution >= 4 is 7.82 Å². The molecule has 0 atom stereocenters. The van der Waals surface area contributed by atoms with Gasteiger partial charge in [0.25, 0.3) is 0 Å². The SMILES string of the molecule is COC(C)(C)CC(C)(C)OP(=O)(OCO)OCO. The Labute approximate surface area is 108 Å². The average molecular weight is 286 g/mol. The molecule has 0 amide bonds. The Kier molecular flexibility index (Phi) is 6.95. The van der Waals surface area contributed by atoms with Crippen molar-refractivity contribution in [2.24, 2.45) is 0 Å². The van der Waals surface area contributed by atoms with Crippen molar-refractivity contribution in [2.45, 2.75) is 45.3 Å². The van der Waals surface area contributed by atoms with Gasteiger partial charge in [0.15, 0.2) is 13.6 Å². The molecule has 18 heavy (non-hydrogen) atoms. The van der Waals surface area contributed by atoms with E-state index in [2.05, 4.69) is 9.05 Å². The number of hydrogen-bond acceptors (Lipinski definition) is 7. The lowest BCUT2D eigenvalue weighted by Crippen LogP contribution is -2.36. The van der Waals surface area contributed by atoms with Gasteiger partial charge in [-0.2, -0.15) is 0 Å². The predicted octanol–water partition coefficient (Wildman–Crippen LogP) is 1.64. The molecule has 0 aromatic rings. The topological polar surface area (TPSA) is 94.5 Å². The molecule has 0 saturated carbocycles. The van der Waals surface area contributed by atoms with E-state index in [0.717, 1.165) is 0 Å². The molecule has 2 N–H and O–H groups in total. The summed E-state index contributed by atoms with van der Waals surface area (Å²) in [6.45, 7) is 5.40. The summed E-state index contributed by atoms with van der Waals surface area (Å²) in [4.78, 5) is 0. The maximum absolute atomic E-state index is 12.0. The first-order chi connectivity index (χ1) is 8.10. The minimum absolute atomic E-state index is 0.407. The first kappa shape index (κ1) is 18.0. The van der Waals surface area contributed by atoms with Crippen LogP contribution in [0, 0.1) is 0 Å². The van der Waals surface area contributed by atoms with Crippen LogP contribution >= 0.6 is 7.82 Å². The van der Waals surface area contributed by atoms with Gasteiger partial charge in [0.05, 0.1) is 11.2 Å². The summed E-state index contributed by atoms with van der Waals surface area (Å²) in [5.74, 6) is 0. The van der Waals surface area contributed by atoms with Gasteiger partial charge in [0.1, 0.15) is 0 Å². The van der Waals surface area contributed by atoms with Gasteiger partial charge in [-0.25, -0.2) is 4.57 Å². The van der Waals surface area contributed by atoms with E-state index >= 15 is 0 Å². The van der Waals surface area contributed by atoms with E-state index in [9.17, 15) is 4.57 Å². The summed E-state index contributed by atoms with van der Waals surface area (Å²) in [6.07, 6.45) is 0.407. The Morgan fingerprint density at radius 1 is 1.00 bits per heavy atom. The zero-order valence-electron chi connectivity index (χ0n) is 11.5. The van der Waals surface area contributed by atoms with Crippen LogP contribution in [-0.2, 0) is 22.9 Å². The quantitative estimate of drug-likeness (QED) is 0.491. The molecule has 0 fully saturated rings. The largest absolute Gasteiger partial charge is 0.479 e. The van der Waals surface area contributed by atoms with Crippen molar-refractivity contribution < 1.29 is 33.1 Å². The number of phosphoric acid groups is 1. The molecule has 8 heteroatoms. The second-order valence-corrected chi connectivity index (χ2v) is 6.55. The summed E-state index contributed by atoms with van der Waals surface area (Å²) < 4.78 is 31.5. The molecule has 0 rings (SSSR count). The van der Waals surface area contributed by atoms with Gasteiger partial charge in [-0.3, -0.25) is 13.6 Å². The molecule has 0 saturated heterocycles. The third-order valence-corrected chi connectivity index (χ3v) is 3.78. The highest BCUT2D eigenvalue weighted by molar-refractivity contribution is 7.48. The van der Waals surface area contributed by atoms with Gasteiger partial charge in [-0.15, -0.1) is 0 Å². The van der Waals surface area contributed by atoms with Gasteiger partial charge in [0.2, 0.25) is 0 Å². The monoisotopic (exact) mass is 286 g/mol. The maximum atomic E-state index is 12.0. The van der Waals surface area contributed by atoms with Crippen molar-refractivity contribution in [3.8, 4) is 0 Å². The third-order valence-electron chi connectivity index (χ3n) is 2.19. The van der Waals surface area contributed by atoms with Crippen molar-refractivity contribution in [3.05, 3.63) is 0 Å². The molecular weight excluding hydrogens is 263 g/mol. The van der Waals surface area contributed by atoms with Gasteiger partial charge in [-0.1, -0.05) is 0 Å². The zero-order chi connectivity index (χ0) is 14.4. The summed E-state index contributed by atoms with van der Waals surface area (Å²) in [5, 5.41) is 17.3. The Bertz CT molecular complexity index is 280. The summed E-state index contributed by atoms with van der Waals surface area (Å²) in [7, 11) is -2.43. The number of ether oxygens (including phenoxy) is 1. The zero-order valence-corrected chi connectivity index (χ0v) is 12.4. The Morgan fingerprint density at radius 2 is 1.44 bits per heavy atom. The lowest BCUT2D eigenvalue weighted by molar-refractivity contribution is -0.0681. The number of aliphatic hydroxyl groups excluding tert-OH is 2. The first-order valence-corrected chi connectivity index (χ1v) is 6.92. The van der Waals surface area contributed by atoms with Crippen molar-refractivity contribution in [2.75, 3.05) is 20.7 Å². The van der Waals surface area contributed by atoms with E-state index in [1.165, 1.54) is 0 Å². The van der Waals surface area contributed by atoms with E-state index < -0.39 is 32.6 Å². The number of rotatable bonds is 9. The molecule has 0 aliphatic heterocycles. The minimum atomic E-state index is -3.99. The lowest BCUT2D eigenvalue weighted by Gasteiger charge is -2.35. The second-order valence-electron chi connectivity index (χ2n) is 4.96. The van der Waals surface area contributed by atoms with Crippen LogP contribution in [0.5, 0.6) is 0 Å². The van der Waals surface area contributed by atoms with Crippen molar-refractivity contribution in [1.29, 1.82) is 0 Å². The fourth-order valence-electron chi connectivity index (χ4n) is 1.66. The number of methoxy groups -OCH3 is 1. The van der Waals surface area contributed by atoms with Gasteiger partial charge < -0.3 is 14.9 Å². The van der Waals surface area contributed by atoms with Crippen LogP contribution in [0.2, 0.25) is 0 Å². The molecule has 0 aliphatic rings. The average Bonchev–Trinajstić information content (AvgIpc) is 2.15.